The standard InChI is InChI=1S/C11H16ClNO3S/c1-13(5-6-17(2,15)16)11-7-10(12)4-3-9(11)8-14/h3-4,7,14H,5-6,8H2,1-2H3. The van der Waals surface area contributed by atoms with Gasteiger partial charge in [0.15, 0.2) is 0 Å². The van der Waals surface area contributed by atoms with E-state index in [2.05, 4.69) is 0 Å². The highest BCUT2D eigenvalue weighted by Crippen LogP contribution is 2.24. The fourth-order valence-corrected chi connectivity index (χ4v) is 2.22. The number of sulfone groups is 1. The second kappa shape index (κ2) is 5.71. The number of rotatable bonds is 5. The maximum atomic E-state index is 11.1. The van der Waals surface area contributed by atoms with E-state index in [1.165, 1.54) is 6.26 Å². The number of aliphatic hydroxyl groups is 1. The summed E-state index contributed by atoms with van der Waals surface area (Å²) in [5, 5.41) is 9.76. The number of hydrogen-bond acceptors (Lipinski definition) is 4. The second-order valence-corrected chi connectivity index (χ2v) is 6.68. The Labute approximate surface area is 107 Å². The Kier molecular flexibility index (Phi) is 4.80. The number of benzene rings is 1. The topological polar surface area (TPSA) is 57.6 Å². The molecule has 0 radical (unpaired) electrons. The normalized spacial score (nSPS) is 11.5. The molecule has 0 aliphatic rings. The Morgan fingerprint density at radius 3 is 2.59 bits per heavy atom. The van der Waals surface area contributed by atoms with Crippen LogP contribution in [0.25, 0.3) is 0 Å². The summed E-state index contributed by atoms with van der Waals surface area (Å²) >= 11 is 5.88. The molecule has 96 valence electrons. The number of aliphatic hydroxyl groups excluding tert-OH is 1. The average molecular weight is 278 g/mol. The summed E-state index contributed by atoms with van der Waals surface area (Å²) in [6.07, 6.45) is 1.20. The van der Waals surface area contributed by atoms with Gasteiger partial charge in [-0.25, -0.2) is 8.42 Å². The third-order valence-corrected chi connectivity index (χ3v) is 3.59. The molecule has 0 saturated carbocycles. The van der Waals surface area contributed by atoms with Gasteiger partial charge in [0, 0.05) is 36.1 Å². The van der Waals surface area contributed by atoms with Crippen LogP contribution in [0.4, 0.5) is 5.69 Å². The first kappa shape index (κ1) is 14.3. The summed E-state index contributed by atoms with van der Waals surface area (Å²) < 4.78 is 22.2. The zero-order valence-corrected chi connectivity index (χ0v) is 11.4. The molecule has 0 fully saturated rings. The van der Waals surface area contributed by atoms with Crippen molar-refractivity contribution in [2.75, 3.05) is 30.5 Å². The Hall–Kier alpha value is -0.780. The van der Waals surface area contributed by atoms with E-state index in [-0.39, 0.29) is 12.4 Å². The van der Waals surface area contributed by atoms with Crippen molar-refractivity contribution in [1.82, 2.24) is 0 Å². The maximum absolute atomic E-state index is 11.1. The van der Waals surface area contributed by atoms with Crippen LogP contribution in [-0.4, -0.2) is 39.1 Å². The van der Waals surface area contributed by atoms with Crippen molar-refractivity contribution in [2.45, 2.75) is 6.61 Å². The van der Waals surface area contributed by atoms with Gasteiger partial charge in [-0.05, 0) is 12.1 Å². The Morgan fingerprint density at radius 2 is 2.06 bits per heavy atom. The monoisotopic (exact) mass is 277 g/mol. The molecule has 0 aliphatic heterocycles. The summed E-state index contributed by atoms with van der Waals surface area (Å²) in [5.41, 5.74) is 1.48. The molecule has 0 saturated heterocycles. The van der Waals surface area contributed by atoms with Gasteiger partial charge < -0.3 is 10.0 Å². The SMILES string of the molecule is CN(CCS(C)(=O)=O)c1cc(Cl)ccc1CO. The smallest absolute Gasteiger partial charge is 0.149 e. The zero-order chi connectivity index (χ0) is 13.1. The van der Waals surface area contributed by atoms with E-state index in [1.54, 1.807) is 30.1 Å². The average Bonchev–Trinajstić information content (AvgIpc) is 2.25. The van der Waals surface area contributed by atoms with Crippen LogP contribution in [-0.2, 0) is 16.4 Å². The van der Waals surface area contributed by atoms with Crippen molar-refractivity contribution >= 4 is 27.1 Å². The predicted octanol–water partition coefficient (Wildman–Crippen LogP) is 1.31. The molecule has 0 heterocycles. The minimum atomic E-state index is -2.99. The van der Waals surface area contributed by atoms with Gasteiger partial charge in [-0.1, -0.05) is 17.7 Å². The Bertz CT molecular complexity index is 487. The summed E-state index contributed by atoms with van der Waals surface area (Å²) in [5.74, 6) is 0.0703. The lowest BCUT2D eigenvalue weighted by molar-refractivity contribution is 0.282. The number of halogens is 1. The second-order valence-electron chi connectivity index (χ2n) is 3.98. The third kappa shape index (κ3) is 4.53. The van der Waals surface area contributed by atoms with Gasteiger partial charge in [-0.2, -0.15) is 0 Å². The van der Waals surface area contributed by atoms with E-state index < -0.39 is 9.84 Å². The van der Waals surface area contributed by atoms with Gasteiger partial charge >= 0.3 is 0 Å². The molecule has 0 spiro atoms. The molecule has 0 bridgehead atoms. The van der Waals surface area contributed by atoms with Crippen LogP contribution < -0.4 is 4.90 Å². The number of hydrogen-bond donors (Lipinski definition) is 1. The van der Waals surface area contributed by atoms with Crippen molar-refractivity contribution in [2.24, 2.45) is 0 Å². The molecular formula is C11H16ClNO3S. The highest BCUT2D eigenvalue weighted by Gasteiger charge is 2.10. The molecule has 0 unspecified atom stereocenters. The molecule has 1 rings (SSSR count). The lowest BCUT2D eigenvalue weighted by Crippen LogP contribution is -2.25. The Balaban J connectivity index is 2.87. The molecule has 0 aromatic heterocycles. The van der Waals surface area contributed by atoms with Crippen LogP contribution in [0.2, 0.25) is 5.02 Å². The third-order valence-electron chi connectivity index (χ3n) is 2.43. The molecule has 1 aromatic carbocycles. The summed E-state index contributed by atoms with van der Waals surface area (Å²) in [6.45, 7) is 0.266. The van der Waals surface area contributed by atoms with Crippen LogP contribution >= 0.6 is 11.6 Å². The van der Waals surface area contributed by atoms with Crippen molar-refractivity contribution in [3.8, 4) is 0 Å². The van der Waals surface area contributed by atoms with E-state index in [0.29, 0.717) is 11.6 Å². The van der Waals surface area contributed by atoms with Crippen LogP contribution in [0.15, 0.2) is 18.2 Å². The fraction of sp³-hybridized carbons (Fsp3) is 0.455. The minimum absolute atomic E-state index is 0.0703. The Morgan fingerprint density at radius 1 is 1.41 bits per heavy atom. The molecule has 4 nitrogen and oxygen atoms in total. The van der Waals surface area contributed by atoms with Crippen LogP contribution in [0, 0.1) is 0 Å². The predicted molar refractivity (Wildman–Crippen MR) is 70.4 cm³/mol. The molecule has 1 aromatic rings. The van der Waals surface area contributed by atoms with Gasteiger partial charge in [0.05, 0.1) is 12.4 Å². The zero-order valence-electron chi connectivity index (χ0n) is 9.85. The number of anilines is 1. The van der Waals surface area contributed by atoms with Crippen molar-refractivity contribution in [1.29, 1.82) is 0 Å². The van der Waals surface area contributed by atoms with Crippen LogP contribution in [0.5, 0.6) is 0 Å². The first-order valence-corrected chi connectivity index (χ1v) is 7.55. The lowest BCUT2D eigenvalue weighted by atomic mass is 10.1. The molecule has 0 aliphatic carbocycles. The van der Waals surface area contributed by atoms with E-state index in [4.69, 9.17) is 11.6 Å². The van der Waals surface area contributed by atoms with Gasteiger partial charge in [0.1, 0.15) is 9.84 Å². The largest absolute Gasteiger partial charge is 0.392 e. The summed E-state index contributed by atoms with van der Waals surface area (Å²) in [6, 6.07) is 5.14. The summed E-state index contributed by atoms with van der Waals surface area (Å²) in [7, 11) is -1.22. The van der Waals surface area contributed by atoms with E-state index >= 15 is 0 Å². The van der Waals surface area contributed by atoms with E-state index in [9.17, 15) is 13.5 Å². The van der Waals surface area contributed by atoms with Gasteiger partial charge in [0.25, 0.3) is 0 Å². The van der Waals surface area contributed by atoms with E-state index in [1.807, 2.05) is 0 Å². The fourth-order valence-electron chi connectivity index (χ4n) is 1.45. The highest BCUT2D eigenvalue weighted by atomic mass is 35.5. The molecule has 17 heavy (non-hydrogen) atoms. The number of nitrogens with zero attached hydrogens (tertiary/aromatic N) is 1. The molecular weight excluding hydrogens is 262 g/mol. The van der Waals surface area contributed by atoms with Crippen molar-refractivity contribution in [3.63, 3.8) is 0 Å². The molecule has 0 atom stereocenters. The van der Waals surface area contributed by atoms with Gasteiger partial charge in [-0.3, -0.25) is 0 Å². The van der Waals surface area contributed by atoms with Crippen LogP contribution in [0.1, 0.15) is 5.56 Å². The van der Waals surface area contributed by atoms with Gasteiger partial charge in [-0.15, -0.1) is 0 Å². The molecule has 1 N–H and O–H groups in total. The van der Waals surface area contributed by atoms with Gasteiger partial charge in [0.2, 0.25) is 0 Å². The molecule has 6 heteroatoms. The quantitative estimate of drug-likeness (QED) is 0.882. The molecule has 0 amide bonds. The van der Waals surface area contributed by atoms with E-state index in [0.717, 1.165) is 11.3 Å². The highest BCUT2D eigenvalue weighted by molar-refractivity contribution is 7.90. The first-order valence-electron chi connectivity index (χ1n) is 5.11. The summed E-state index contributed by atoms with van der Waals surface area (Å²) in [4.78, 5) is 1.78. The maximum Gasteiger partial charge on any atom is 0.149 e. The first-order chi connectivity index (χ1) is 7.83. The van der Waals surface area contributed by atoms with Crippen LogP contribution in [0.3, 0.4) is 0 Å². The van der Waals surface area contributed by atoms with Crippen molar-refractivity contribution in [3.05, 3.63) is 28.8 Å². The minimum Gasteiger partial charge on any atom is -0.392 e. The van der Waals surface area contributed by atoms with Crippen molar-refractivity contribution < 1.29 is 13.5 Å². The lowest BCUT2D eigenvalue weighted by Gasteiger charge is -2.21.